The summed E-state index contributed by atoms with van der Waals surface area (Å²) in [5.74, 6) is 0.493. The van der Waals surface area contributed by atoms with Gasteiger partial charge in [-0.15, -0.1) is 0 Å². The summed E-state index contributed by atoms with van der Waals surface area (Å²) in [6.45, 7) is 7.75. The highest BCUT2D eigenvalue weighted by atomic mass is 16.5. The number of aromatic amines is 1. The van der Waals surface area contributed by atoms with Crippen LogP contribution in [0.4, 0.5) is 0 Å². The van der Waals surface area contributed by atoms with Crippen LogP contribution in [-0.2, 0) is 17.8 Å². The third-order valence-electron chi connectivity index (χ3n) is 4.39. The lowest BCUT2D eigenvalue weighted by Crippen LogP contribution is -2.31. The molecule has 0 unspecified atom stereocenters. The van der Waals surface area contributed by atoms with E-state index in [-0.39, 0.29) is 6.10 Å². The molecular formula is C16H25N5O. The van der Waals surface area contributed by atoms with Crippen LogP contribution in [0.2, 0.25) is 0 Å². The van der Waals surface area contributed by atoms with Crippen LogP contribution in [0.15, 0.2) is 18.6 Å². The van der Waals surface area contributed by atoms with Gasteiger partial charge < -0.3 is 10.1 Å². The molecule has 6 nitrogen and oxygen atoms in total. The first-order valence-electron chi connectivity index (χ1n) is 8.12. The summed E-state index contributed by atoms with van der Waals surface area (Å²) in [4.78, 5) is 0. The largest absolute Gasteiger partial charge is 0.373 e. The van der Waals surface area contributed by atoms with Crippen LogP contribution in [0, 0.1) is 12.8 Å². The summed E-state index contributed by atoms with van der Waals surface area (Å²) in [5, 5.41) is 15.0. The van der Waals surface area contributed by atoms with E-state index in [2.05, 4.69) is 40.7 Å². The number of rotatable bonds is 6. The maximum Gasteiger partial charge on any atom is 0.0895 e. The third kappa shape index (κ3) is 3.39. The molecule has 1 aliphatic rings. The number of ether oxygens (including phenoxy) is 1. The Bertz CT molecular complexity index is 577. The summed E-state index contributed by atoms with van der Waals surface area (Å²) >= 11 is 0. The Hall–Kier alpha value is -1.66. The molecule has 1 saturated heterocycles. The highest BCUT2D eigenvalue weighted by Gasteiger charge is 2.27. The average molecular weight is 303 g/mol. The molecule has 3 rings (SSSR count). The molecule has 1 aliphatic heterocycles. The molecule has 2 N–H and O–H groups in total. The SMILES string of the molecule is CCn1cc(CNC[C@@H]2CCCO[C@H]2c2cn[nH]c2)c(C)n1. The molecule has 22 heavy (non-hydrogen) atoms. The van der Waals surface area contributed by atoms with E-state index in [4.69, 9.17) is 4.74 Å². The molecule has 2 aromatic rings. The second kappa shape index (κ2) is 7.07. The van der Waals surface area contributed by atoms with E-state index in [9.17, 15) is 0 Å². The van der Waals surface area contributed by atoms with Crippen molar-refractivity contribution >= 4 is 0 Å². The lowest BCUT2D eigenvalue weighted by Gasteiger charge is -2.31. The van der Waals surface area contributed by atoms with E-state index in [0.29, 0.717) is 5.92 Å². The number of nitrogens with one attached hydrogen (secondary N) is 2. The van der Waals surface area contributed by atoms with Crippen LogP contribution in [0.25, 0.3) is 0 Å². The zero-order chi connectivity index (χ0) is 15.4. The highest BCUT2D eigenvalue weighted by Crippen LogP contribution is 2.32. The van der Waals surface area contributed by atoms with Gasteiger partial charge in [0.05, 0.1) is 18.0 Å². The molecule has 3 heterocycles. The fourth-order valence-corrected chi connectivity index (χ4v) is 3.12. The van der Waals surface area contributed by atoms with Gasteiger partial charge >= 0.3 is 0 Å². The van der Waals surface area contributed by atoms with Gasteiger partial charge in [-0.2, -0.15) is 10.2 Å². The number of nitrogens with zero attached hydrogens (tertiary/aromatic N) is 3. The zero-order valence-electron chi connectivity index (χ0n) is 13.4. The van der Waals surface area contributed by atoms with Gasteiger partial charge in [-0.25, -0.2) is 0 Å². The fraction of sp³-hybridized carbons (Fsp3) is 0.625. The number of aromatic nitrogens is 4. The number of hydrogen-bond acceptors (Lipinski definition) is 4. The normalized spacial score (nSPS) is 22.1. The number of H-pyrrole nitrogens is 1. The molecule has 120 valence electrons. The molecule has 0 radical (unpaired) electrons. The summed E-state index contributed by atoms with van der Waals surface area (Å²) in [6.07, 6.45) is 8.42. The Morgan fingerprint density at radius 1 is 1.50 bits per heavy atom. The topological polar surface area (TPSA) is 67.8 Å². The van der Waals surface area contributed by atoms with Gasteiger partial charge in [0.25, 0.3) is 0 Å². The minimum atomic E-state index is 0.152. The van der Waals surface area contributed by atoms with Crippen LogP contribution in [0.3, 0.4) is 0 Å². The van der Waals surface area contributed by atoms with Crippen molar-refractivity contribution in [3.05, 3.63) is 35.4 Å². The maximum absolute atomic E-state index is 5.97. The first-order chi connectivity index (χ1) is 10.8. The van der Waals surface area contributed by atoms with Crippen molar-refractivity contribution in [2.75, 3.05) is 13.2 Å². The van der Waals surface area contributed by atoms with Crippen molar-refractivity contribution < 1.29 is 4.74 Å². The van der Waals surface area contributed by atoms with Crippen LogP contribution < -0.4 is 5.32 Å². The zero-order valence-corrected chi connectivity index (χ0v) is 13.4. The van der Waals surface area contributed by atoms with Gasteiger partial charge in [0.1, 0.15) is 0 Å². The Morgan fingerprint density at radius 2 is 2.41 bits per heavy atom. The van der Waals surface area contributed by atoms with Crippen LogP contribution in [-0.4, -0.2) is 33.1 Å². The predicted octanol–water partition coefficient (Wildman–Crippen LogP) is 2.19. The number of aryl methyl sites for hydroxylation is 2. The van der Waals surface area contributed by atoms with Gasteiger partial charge in [0.2, 0.25) is 0 Å². The van der Waals surface area contributed by atoms with E-state index in [1.807, 2.05) is 17.1 Å². The lowest BCUT2D eigenvalue weighted by atomic mass is 9.91. The van der Waals surface area contributed by atoms with Crippen molar-refractivity contribution in [2.24, 2.45) is 5.92 Å². The highest BCUT2D eigenvalue weighted by molar-refractivity contribution is 5.15. The summed E-state index contributed by atoms with van der Waals surface area (Å²) in [5.41, 5.74) is 3.54. The Kier molecular flexibility index (Phi) is 4.90. The van der Waals surface area contributed by atoms with Crippen molar-refractivity contribution in [1.82, 2.24) is 25.3 Å². The van der Waals surface area contributed by atoms with Gasteiger partial charge in [-0.05, 0) is 26.7 Å². The van der Waals surface area contributed by atoms with Crippen LogP contribution in [0.1, 0.15) is 42.7 Å². The van der Waals surface area contributed by atoms with Crippen LogP contribution >= 0.6 is 0 Å². The summed E-state index contributed by atoms with van der Waals surface area (Å²) < 4.78 is 7.96. The van der Waals surface area contributed by atoms with E-state index in [1.54, 1.807) is 0 Å². The summed E-state index contributed by atoms with van der Waals surface area (Å²) in [6, 6.07) is 0. The van der Waals surface area contributed by atoms with Crippen molar-refractivity contribution in [3.8, 4) is 0 Å². The minimum Gasteiger partial charge on any atom is -0.373 e. The predicted molar refractivity (Wildman–Crippen MR) is 84.3 cm³/mol. The molecular weight excluding hydrogens is 278 g/mol. The Labute approximate surface area is 131 Å². The minimum absolute atomic E-state index is 0.152. The smallest absolute Gasteiger partial charge is 0.0895 e. The molecule has 0 spiro atoms. The molecule has 2 atom stereocenters. The van der Waals surface area contributed by atoms with Crippen LogP contribution in [0.5, 0.6) is 0 Å². The molecule has 0 aliphatic carbocycles. The van der Waals surface area contributed by atoms with Crippen molar-refractivity contribution in [1.29, 1.82) is 0 Å². The molecule has 6 heteroatoms. The second-order valence-corrected chi connectivity index (χ2v) is 5.95. The molecule has 0 bridgehead atoms. The monoisotopic (exact) mass is 303 g/mol. The van der Waals surface area contributed by atoms with Gasteiger partial charge in [0.15, 0.2) is 0 Å². The lowest BCUT2D eigenvalue weighted by molar-refractivity contribution is -0.0278. The van der Waals surface area contributed by atoms with E-state index in [0.717, 1.165) is 43.9 Å². The Balaban J connectivity index is 1.56. The van der Waals surface area contributed by atoms with Crippen molar-refractivity contribution in [2.45, 2.75) is 45.9 Å². The van der Waals surface area contributed by atoms with Crippen molar-refractivity contribution in [3.63, 3.8) is 0 Å². The molecule has 1 fully saturated rings. The average Bonchev–Trinajstić information content (AvgIpc) is 3.18. The van der Waals surface area contributed by atoms with E-state index in [1.165, 1.54) is 12.0 Å². The fourth-order valence-electron chi connectivity index (χ4n) is 3.12. The third-order valence-corrected chi connectivity index (χ3v) is 4.39. The quantitative estimate of drug-likeness (QED) is 0.858. The van der Waals surface area contributed by atoms with Gasteiger partial charge in [-0.1, -0.05) is 0 Å². The first kappa shape index (κ1) is 15.2. The molecule has 0 aromatic carbocycles. The Morgan fingerprint density at radius 3 is 3.14 bits per heavy atom. The standard InChI is InChI=1S/C16H25N5O/c1-3-21-11-15(12(2)20-21)8-17-7-13-5-4-6-22-16(13)14-9-18-19-10-14/h9-11,13,16-17H,3-8H2,1-2H3,(H,18,19)/t13-,16+/m0/s1. The van der Waals surface area contributed by atoms with E-state index < -0.39 is 0 Å². The maximum atomic E-state index is 5.97. The molecule has 2 aromatic heterocycles. The second-order valence-electron chi connectivity index (χ2n) is 5.95. The molecule has 0 amide bonds. The summed E-state index contributed by atoms with van der Waals surface area (Å²) in [7, 11) is 0. The number of hydrogen-bond donors (Lipinski definition) is 2. The first-order valence-corrected chi connectivity index (χ1v) is 8.12. The van der Waals surface area contributed by atoms with Gasteiger partial charge in [-0.3, -0.25) is 9.78 Å². The van der Waals surface area contributed by atoms with Gasteiger partial charge in [0, 0.05) is 55.7 Å². The van der Waals surface area contributed by atoms with E-state index >= 15 is 0 Å². The molecule has 0 saturated carbocycles.